The molecule has 0 heterocycles. The van der Waals surface area contributed by atoms with Gasteiger partial charge in [-0.1, -0.05) is 17.7 Å². The highest BCUT2D eigenvalue weighted by Crippen LogP contribution is 2.39. The Labute approximate surface area is 105 Å². The summed E-state index contributed by atoms with van der Waals surface area (Å²) in [6.07, 6.45) is 2.19. The predicted molar refractivity (Wildman–Crippen MR) is 65.4 cm³/mol. The molecule has 1 unspecified atom stereocenters. The van der Waals surface area contributed by atoms with Crippen molar-refractivity contribution in [3.63, 3.8) is 0 Å². The van der Waals surface area contributed by atoms with Crippen molar-refractivity contribution in [3.05, 3.63) is 34.6 Å². The molecule has 1 aromatic carbocycles. The van der Waals surface area contributed by atoms with E-state index in [-0.39, 0.29) is 23.1 Å². The Morgan fingerprint density at radius 3 is 2.76 bits per heavy atom. The van der Waals surface area contributed by atoms with Gasteiger partial charge in [-0.15, -0.1) is 0 Å². The first-order chi connectivity index (χ1) is 7.91. The lowest BCUT2D eigenvalue weighted by atomic mass is 9.88. The molecule has 0 aromatic heterocycles. The van der Waals surface area contributed by atoms with Crippen LogP contribution < -0.4 is 5.73 Å². The van der Waals surface area contributed by atoms with E-state index >= 15 is 0 Å². The number of carbonyl (C=O) groups excluding carboxylic acids is 1. The molecule has 0 radical (unpaired) electrons. The smallest absolute Gasteiger partial charge is 0.157 e. The minimum Gasteiger partial charge on any atom is -0.319 e. The average Bonchev–Trinajstić information content (AvgIpc) is 3.05. The monoisotopic (exact) mass is 255 g/mol. The van der Waals surface area contributed by atoms with Gasteiger partial charge in [0.25, 0.3) is 0 Å². The summed E-state index contributed by atoms with van der Waals surface area (Å²) in [6, 6.07) is 4.06. The molecule has 1 fully saturated rings. The summed E-state index contributed by atoms with van der Waals surface area (Å²) in [4.78, 5) is 12.1. The molecular weight excluding hydrogens is 241 g/mol. The fourth-order valence-corrected chi connectivity index (χ4v) is 2.17. The highest BCUT2D eigenvalue weighted by molar-refractivity contribution is 6.31. The molecule has 0 aliphatic heterocycles. The Morgan fingerprint density at radius 1 is 1.59 bits per heavy atom. The van der Waals surface area contributed by atoms with Gasteiger partial charge in [0.05, 0.1) is 5.54 Å². The van der Waals surface area contributed by atoms with Gasteiger partial charge < -0.3 is 5.73 Å². The summed E-state index contributed by atoms with van der Waals surface area (Å²) < 4.78 is 12.9. The largest absolute Gasteiger partial charge is 0.319 e. The van der Waals surface area contributed by atoms with Crippen molar-refractivity contribution in [2.45, 2.75) is 31.7 Å². The summed E-state index contributed by atoms with van der Waals surface area (Å²) in [5.74, 6) is -0.147. The summed E-state index contributed by atoms with van der Waals surface area (Å²) in [6.45, 7) is 1.77. The number of Topliss-reactive ketones (excluding diaryl/α,β-unsaturated/α-hetero) is 1. The topological polar surface area (TPSA) is 43.1 Å². The van der Waals surface area contributed by atoms with E-state index in [0.29, 0.717) is 5.56 Å². The molecule has 2 nitrogen and oxygen atoms in total. The number of halogens is 2. The Kier molecular flexibility index (Phi) is 3.23. The van der Waals surface area contributed by atoms with Crippen LogP contribution in [0.5, 0.6) is 0 Å². The average molecular weight is 256 g/mol. The molecule has 17 heavy (non-hydrogen) atoms. The minimum atomic E-state index is -0.780. The molecule has 4 heteroatoms. The zero-order chi connectivity index (χ0) is 12.6. The molecule has 1 aliphatic rings. The van der Waals surface area contributed by atoms with Gasteiger partial charge in [-0.3, -0.25) is 4.79 Å². The van der Waals surface area contributed by atoms with Gasteiger partial charge in [-0.25, -0.2) is 4.39 Å². The summed E-state index contributed by atoms with van der Waals surface area (Å²) in [5.41, 5.74) is 5.88. The Morgan fingerprint density at radius 2 is 2.24 bits per heavy atom. The van der Waals surface area contributed by atoms with Gasteiger partial charge in [0.1, 0.15) is 5.82 Å². The van der Waals surface area contributed by atoms with Gasteiger partial charge in [0, 0.05) is 11.4 Å². The van der Waals surface area contributed by atoms with E-state index in [9.17, 15) is 9.18 Å². The standard InChI is InChI=1S/C13H15ClFNO/c1-13(16,9-3-4-9)12(17)6-8-2-5-10(15)7-11(8)14/h2,5,7,9H,3-4,6,16H2,1H3. The highest BCUT2D eigenvalue weighted by Gasteiger charge is 2.43. The third-order valence-electron chi connectivity index (χ3n) is 3.39. The molecule has 2 rings (SSSR count). The second kappa shape index (κ2) is 4.39. The molecule has 1 saturated carbocycles. The van der Waals surface area contributed by atoms with E-state index in [4.69, 9.17) is 17.3 Å². The van der Waals surface area contributed by atoms with Crippen LogP contribution in [0.3, 0.4) is 0 Å². The third-order valence-corrected chi connectivity index (χ3v) is 3.74. The normalized spacial score (nSPS) is 18.8. The van der Waals surface area contributed by atoms with Crippen molar-refractivity contribution in [2.24, 2.45) is 11.7 Å². The second-order valence-corrected chi connectivity index (χ2v) is 5.30. The van der Waals surface area contributed by atoms with Crippen LogP contribution in [0.2, 0.25) is 5.02 Å². The molecule has 0 spiro atoms. The molecule has 2 N–H and O–H groups in total. The molecule has 92 valence electrons. The lowest BCUT2D eigenvalue weighted by Gasteiger charge is -2.22. The van der Waals surface area contributed by atoms with Crippen LogP contribution in [-0.2, 0) is 11.2 Å². The van der Waals surface area contributed by atoms with E-state index in [1.54, 1.807) is 13.0 Å². The Balaban J connectivity index is 2.12. The maximum Gasteiger partial charge on any atom is 0.157 e. The lowest BCUT2D eigenvalue weighted by molar-refractivity contribution is -0.123. The van der Waals surface area contributed by atoms with Crippen molar-refractivity contribution in [2.75, 3.05) is 0 Å². The summed E-state index contributed by atoms with van der Waals surface area (Å²) in [7, 11) is 0. The van der Waals surface area contributed by atoms with Crippen molar-refractivity contribution < 1.29 is 9.18 Å². The molecule has 0 amide bonds. The number of hydrogen-bond acceptors (Lipinski definition) is 2. The second-order valence-electron chi connectivity index (χ2n) is 4.89. The van der Waals surface area contributed by atoms with Gasteiger partial charge in [0.15, 0.2) is 5.78 Å². The Hall–Kier alpha value is -0.930. The van der Waals surface area contributed by atoms with E-state index in [1.165, 1.54) is 12.1 Å². The van der Waals surface area contributed by atoms with Gasteiger partial charge in [-0.2, -0.15) is 0 Å². The number of ketones is 1. The maximum atomic E-state index is 12.9. The van der Waals surface area contributed by atoms with Crippen LogP contribution in [0.1, 0.15) is 25.3 Å². The van der Waals surface area contributed by atoms with Crippen molar-refractivity contribution in [3.8, 4) is 0 Å². The fourth-order valence-electron chi connectivity index (χ4n) is 1.94. The molecule has 1 aromatic rings. The maximum absolute atomic E-state index is 12.9. The van der Waals surface area contributed by atoms with Crippen LogP contribution in [0.15, 0.2) is 18.2 Å². The number of nitrogens with two attached hydrogens (primary N) is 1. The predicted octanol–water partition coefficient (Wildman–Crippen LogP) is 2.72. The van der Waals surface area contributed by atoms with Crippen molar-refractivity contribution >= 4 is 17.4 Å². The lowest BCUT2D eigenvalue weighted by Crippen LogP contribution is -2.47. The molecular formula is C13H15ClFNO. The Bertz CT molecular complexity index is 455. The zero-order valence-corrected chi connectivity index (χ0v) is 10.4. The number of hydrogen-bond donors (Lipinski definition) is 1. The van der Waals surface area contributed by atoms with Crippen LogP contribution >= 0.6 is 11.6 Å². The quantitative estimate of drug-likeness (QED) is 0.899. The number of carbonyl (C=O) groups is 1. The first-order valence-corrected chi connectivity index (χ1v) is 6.05. The van der Waals surface area contributed by atoms with E-state index in [0.717, 1.165) is 12.8 Å². The number of benzene rings is 1. The van der Waals surface area contributed by atoms with Crippen LogP contribution in [0.4, 0.5) is 4.39 Å². The van der Waals surface area contributed by atoms with E-state index in [2.05, 4.69) is 0 Å². The van der Waals surface area contributed by atoms with Crippen LogP contribution in [-0.4, -0.2) is 11.3 Å². The van der Waals surface area contributed by atoms with Crippen molar-refractivity contribution in [1.82, 2.24) is 0 Å². The minimum absolute atomic E-state index is 0.0338. The molecule has 0 saturated heterocycles. The van der Waals surface area contributed by atoms with E-state index in [1.807, 2.05) is 0 Å². The van der Waals surface area contributed by atoms with E-state index < -0.39 is 11.4 Å². The molecule has 1 aliphatic carbocycles. The third kappa shape index (κ3) is 2.67. The number of rotatable bonds is 4. The van der Waals surface area contributed by atoms with Crippen molar-refractivity contribution in [1.29, 1.82) is 0 Å². The summed E-state index contributed by atoms with van der Waals surface area (Å²) >= 11 is 5.89. The van der Waals surface area contributed by atoms with Gasteiger partial charge >= 0.3 is 0 Å². The first kappa shape index (κ1) is 12.5. The molecule has 0 bridgehead atoms. The highest BCUT2D eigenvalue weighted by atomic mass is 35.5. The molecule has 1 atom stereocenters. The van der Waals surface area contributed by atoms with Gasteiger partial charge in [0.2, 0.25) is 0 Å². The summed E-state index contributed by atoms with van der Waals surface area (Å²) in [5, 5.41) is 0.282. The SMILES string of the molecule is CC(N)(C(=O)Cc1ccc(F)cc1Cl)C1CC1. The first-order valence-electron chi connectivity index (χ1n) is 5.67. The fraction of sp³-hybridized carbons (Fsp3) is 0.462. The van der Waals surface area contributed by atoms with Gasteiger partial charge in [-0.05, 0) is 43.4 Å². The zero-order valence-electron chi connectivity index (χ0n) is 9.67. The van der Waals surface area contributed by atoms with Crippen LogP contribution in [0, 0.1) is 11.7 Å². The van der Waals surface area contributed by atoms with Crippen LogP contribution in [0.25, 0.3) is 0 Å².